The smallest absolute Gasteiger partial charge is 0.233 e. The van der Waals surface area contributed by atoms with Gasteiger partial charge >= 0.3 is 0 Å². The first kappa shape index (κ1) is 29.4. The number of carbonyl (C=O) groups is 2. The van der Waals surface area contributed by atoms with E-state index in [0.29, 0.717) is 18.0 Å². The normalized spacial score (nSPS) is 21.6. The van der Waals surface area contributed by atoms with Gasteiger partial charge in [0, 0.05) is 40.9 Å². The second-order valence-corrected chi connectivity index (χ2v) is 15.1. The maximum Gasteiger partial charge on any atom is 0.233 e. The van der Waals surface area contributed by atoms with Gasteiger partial charge in [-0.05, 0) is 129 Å². The van der Waals surface area contributed by atoms with Crippen molar-refractivity contribution in [1.82, 2.24) is 20.1 Å². The van der Waals surface area contributed by atoms with Crippen molar-refractivity contribution in [3.63, 3.8) is 0 Å². The molecule has 2 bridgehead atoms. The van der Waals surface area contributed by atoms with E-state index in [4.69, 9.17) is 0 Å². The monoisotopic (exact) mass is 588 g/mol. The second kappa shape index (κ2) is 11.5. The average molecular weight is 589 g/mol. The molecule has 2 aromatic heterocycles. The van der Waals surface area contributed by atoms with Crippen LogP contribution in [0.4, 0.5) is 0 Å². The summed E-state index contributed by atoms with van der Waals surface area (Å²) in [5.74, 6) is 0.634. The minimum absolute atomic E-state index is 0.124. The topological polar surface area (TPSA) is 68.4 Å². The fraction of sp³-hybridized carbons (Fsp3) is 0.600. The molecular formula is C35H48N4O2S. The summed E-state index contributed by atoms with van der Waals surface area (Å²) in [5.41, 5.74) is 5.79. The third-order valence-corrected chi connectivity index (χ3v) is 11.4. The molecule has 3 saturated heterocycles. The maximum atomic E-state index is 13.9. The molecule has 226 valence electrons. The van der Waals surface area contributed by atoms with E-state index in [0.717, 1.165) is 43.8 Å². The Balaban J connectivity index is 1.26. The van der Waals surface area contributed by atoms with E-state index < -0.39 is 5.41 Å². The molecule has 0 saturated carbocycles. The molecular weight excluding hydrogens is 540 g/mol. The van der Waals surface area contributed by atoms with Gasteiger partial charge in [0.05, 0.1) is 11.1 Å². The second-order valence-electron chi connectivity index (χ2n) is 14.0. The number of rotatable bonds is 8. The molecule has 0 unspecified atom stereocenters. The van der Waals surface area contributed by atoms with Crippen LogP contribution < -0.4 is 5.32 Å². The number of aromatic amines is 1. The summed E-state index contributed by atoms with van der Waals surface area (Å²) in [5, 5.41) is 4.36. The van der Waals surface area contributed by atoms with Crippen LogP contribution in [0, 0.1) is 19.8 Å². The van der Waals surface area contributed by atoms with Crippen LogP contribution in [-0.2, 0) is 21.4 Å². The van der Waals surface area contributed by atoms with Crippen LogP contribution in [0.15, 0.2) is 24.3 Å². The number of thiophene rings is 1. The average Bonchev–Trinajstić information content (AvgIpc) is 3.71. The van der Waals surface area contributed by atoms with Crippen LogP contribution >= 0.6 is 11.3 Å². The molecule has 5 heterocycles. The highest BCUT2D eigenvalue weighted by Crippen LogP contribution is 2.44. The highest BCUT2D eigenvalue weighted by molar-refractivity contribution is 7.19. The molecule has 3 fully saturated rings. The highest BCUT2D eigenvalue weighted by atomic mass is 32.1. The number of aryl methyl sites for hydroxylation is 2. The molecule has 7 heteroatoms. The van der Waals surface area contributed by atoms with E-state index in [1.54, 1.807) is 11.3 Å². The van der Waals surface area contributed by atoms with E-state index in [1.807, 2.05) is 13.8 Å². The fourth-order valence-corrected chi connectivity index (χ4v) is 8.91. The maximum absolute atomic E-state index is 13.9. The van der Waals surface area contributed by atoms with Crippen molar-refractivity contribution >= 4 is 33.4 Å². The SMILES string of the molecule is Cc1cc(C)cc(-c2[nH]c3sc(C(C)(C)C(=O)N4C5CCC4CC5)cc3c2CCN2CCC(C(=O)NC(C)C)CC2)c1. The molecule has 1 aromatic carbocycles. The van der Waals surface area contributed by atoms with Crippen molar-refractivity contribution in [2.75, 3.05) is 19.6 Å². The van der Waals surface area contributed by atoms with Crippen LogP contribution in [0.1, 0.15) is 87.8 Å². The van der Waals surface area contributed by atoms with Crippen LogP contribution in [0.5, 0.6) is 0 Å². The molecule has 0 aliphatic carbocycles. The van der Waals surface area contributed by atoms with Crippen molar-refractivity contribution in [2.24, 2.45) is 5.92 Å². The summed E-state index contributed by atoms with van der Waals surface area (Å²) in [6.45, 7) is 15.5. The van der Waals surface area contributed by atoms with Crippen LogP contribution in [-0.4, -0.2) is 64.4 Å². The number of benzene rings is 1. The molecule has 3 aliphatic heterocycles. The van der Waals surface area contributed by atoms with E-state index in [1.165, 1.54) is 63.8 Å². The number of carbonyl (C=O) groups excluding carboxylic acids is 2. The van der Waals surface area contributed by atoms with Crippen LogP contribution in [0.2, 0.25) is 0 Å². The summed E-state index contributed by atoms with van der Waals surface area (Å²) < 4.78 is 0. The number of hydrogen-bond acceptors (Lipinski definition) is 4. The Hall–Kier alpha value is -2.64. The number of nitrogens with one attached hydrogen (secondary N) is 2. The lowest BCUT2D eigenvalue weighted by Gasteiger charge is -2.32. The minimum atomic E-state index is -0.536. The molecule has 6 nitrogen and oxygen atoms in total. The molecule has 0 atom stereocenters. The standard InChI is InChI=1S/C35H48N4O2S/c1-21(2)36-32(40)24-11-14-38(15-12-24)16-13-28-29-20-30(35(5,6)34(41)39-26-7-8-27(39)10-9-26)42-33(29)37-31(28)25-18-22(3)17-23(4)19-25/h17-21,24,26-27,37H,7-16H2,1-6H3,(H,36,40). The van der Waals surface area contributed by atoms with Crippen molar-refractivity contribution in [2.45, 2.75) is 110 Å². The van der Waals surface area contributed by atoms with Crippen molar-refractivity contribution in [3.05, 3.63) is 45.8 Å². The third-order valence-electron chi connectivity index (χ3n) is 10.0. The molecule has 6 rings (SSSR count). The molecule has 2 N–H and O–H groups in total. The zero-order valence-corrected chi connectivity index (χ0v) is 27.1. The molecule has 3 aliphatic rings. The van der Waals surface area contributed by atoms with Gasteiger partial charge < -0.3 is 20.1 Å². The molecule has 42 heavy (non-hydrogen) atoms. The number of H-pyrrole nitrogens is 1. The van der Waals surface area contributed by atoms with Crippen molar-refractivity contribution in [3.8, 4) is 11.3 Å². The summed E-state index contributed by atoms with van der Waals surface area (Å²) in [4.78, 5) is 37.4. The van der Waals surface area contributed by atoms with Gasteiger partial charge in [-0.1, -0.05) is 17.2 Å². The summed E-state index contributed by atoms with van der Waals surface area (Å²) in [6, 6.07) is 10.2. The molecule has 3 aromatic rings. The molecule has 0 radical (unpaired) electrons. The number of amides is 2. The van der Waals surface area contributed by atoms with Gasteiger partial charge in [-0.3, -0.25) is 9.59 Å². The summed E-state index contributed by atoms with van der Waals surface area (Å²) in [7, 11) is 0. The number of piperidine rings is 1. The Labute approximate surface area is 255 Å². The third kappa shape index (κ3) is 5.55. The van der Waals surface area contributed by atoms with Crippen molar-refractivity contribution < 1.29 is 9.59 Å². The van der Waals surface area contributed by atoms with Gasteiger partial charge in [0.2, 0.25) is 11.8 Å². The predicted octanol–water partition coefficient (Wildman–Crippen LogP) is 6.72. The highest BCUT2D eigenvalue weighted by Gasteiger charge is 2.47. The first-order valence-corrected chi connectivity index (χ1v) is 16.9. The Morgan fingerprint density at radius 1 is 0.976 bits per heavy atom. The Morgan fingerprint density at radius 3 is 2.19 bits per heavy atom. The first-order valence-electron chi connectivity index (χ1n) is 16.1. The van der Waals surface area contributed by atoms with E-state index >= 15 is 0 Å². The van der Waals surface area contributed by atoms with Gasteiger partial charge in [0.25, 0.3) is 0 Å². The lowest BCUT2D eigenvalue weighted by Crippen LogP contribution is -2.45. The summed E-state index contributed by atoms with van der Waals surface area (Å²) in [6.07, 6.45) is 7.44. The number of aromatic nitrogens is 1. The fourth-order valence-electron chi connectivity index (χ4n) is 7.73. The predicted molar refractivity (Wildman–Crippen MR) is 173 cm³/mol. The number of fused-ring (bicyclic) bond motifs is 3. The first-order chi connectivity index (χ1) is 20.0. The Morgan fingerprint density at radius 2 is 1.60 bits per heavy atom. The van der Waals surface area contributed by atoms with Gasteiger partial charge in [-0.25, -0.2) is 0 Å². The van der Waals surface area contributed by atoms with Crippen LogP contribution in [0.25, 0.3) is 21.5 Å². The van der Waals surface area contributed by atoms with Gasteiger partial charge in [-0.2, -0.15) is 0 Å². The van der Waals surface area contributed by atoms with E-state index in [9.17, 15) is 9.59 Å². The zero-order valence-electron chi connectivity index (χ0n) is 26.3. The zero-order chi connectivity index (χ0) is 29.8. The van der Waals surface area contributed by atoms with Gasteiger partial charge in [-0.15, -0.1) is 11.3 Å². The number of hydrogen-bond donors (Lipinski definition) is 2. The van der Waals surface area contributed by atoms with Gasteiger partial charge in [0.1, 0.15) is 4.83 Å². The van der Waals surface area contributed by atoms with Gasteiger partial charge in [0.15, 0.2) is 0 Å². The molecule has 0 spiro atoms. The molecule has 2 amide bonds. The number of nitrogens with zero attached hydrogens (tertiary/aromatic N) is 2. The van der Waals surface area contributed by atoms with E-state index in [-0.39, 0.29) is 17.9 Å². The largest absolute Gasteiger partial charge is 0.354 e. The van der Waals surface area contributed by atoms with Crippen LogP contribution in [0.3, 0.4) is 0 Å². The lowest BCUT2D eigenvalue weighted by atomic mass is 9.88. The quantitative estimate of drug-likeness (QED) is 0.307. The minimum Gasteiger partial charge on any atom is -0.354 e. The van der Waals surface area contributed by atoms with E-state index in [2.05, 4.69) is 72.1 Å². The summed E-state index contributed by atoms with van der Waals surface area (Å²) >= 11 is 1.76. The number of likely N-dealkylation sites (tertiary alicyclic amines) is 1. The Bertz CT molecular complexity index is 1440. The lowest BCUT2D eigenvalue weighted by molar-refractivity contribution is -0.137. The Kier molecular flexibility index (Phi) is 8.03. The van der Waals surface area contributed by atoms with Crippen molar-refractivity contribution in [1.29, 1.82) is 0 Å².